The summed E-state index contributed by atoms with van der Waals surface area (Å²) in [5.74, 6) is -0.976. The molecule has 0 spiro atoms. The summed E-state index contributed by atoms with van der Waals surface area (Å²) in [6.45, 7) is 3.80. The summed E-state index contributed by atoms with van der Waals surface area (Å²) in [5, 5.41) is 9.88. The number of rotatable bonds is 3. The van der Waals surface area contributed by atoms with Gasteiger partial charge in [-0.25, -0.2) is 9.90 Å². The summed E-state index contributed by atoms with van der Waals surface area (Å²) in [7, 11) is 0. The zero-order valence-corrected chi connectivity index (χ0v) is 5.81. The first-order chi connectivity index (χ1) is 4.16. The topological polar surface area (TPSA) is 37.0 Å². The van der Waals surface area contributed by atoms with Crippen molar-refractivity contribution in [3.63, 3.8) is 0 Å². The van der Waals surface area contributed by atoms with Crippen molar-refractivity contribution < 1.29 is 9.90 Å². The SMILES string of the molecule is CC=C(C)CCC([O])=O. The minimum Gasteiger partial charge on any atom is -0.247 e. The summed E-state index contributed by atoms with van der Waals surface area (Å²) < 4.78 is 0. The second-order valence-electron chi connectivity index (χ2n) is 2.01. The maximum absolute atomic E-state index is 9.88. The maximum atomic E-state index is 9.88. The first-order valence-corrected chi connectivity index (χ1v) is 2.98. The molecule has 0 aliphatic carbocycles. The predicted molar refractivity (Wildman–Crippen MR) is 34.4 cm³/mol. The van der Waals surface area contributed by atoms with Crippen LogP contribution in [-0.4, -0.2) is 5.97 Å². The van der Waals surface area contributed by atoms with E-state index in [-0.39, 0.29) is 6.42 Å². The van der Waals surface area contributed by atoms with E-state index in [4.69, 9.17) is 0 Å². The van der Waals surface area contributed by atoms with Gasteiger partial charge in [0.05, 0.1) is 6.42 Å². The second-order valence-corrected chi connectivity index (χ2v) is 2.01. The van der Waals surface area contributed by atoms with Crippen LogP contribution in [0.5, 0.6) is 0 Å². The van der Waals surface area contributed by atoms with E-state index in [0.717, 1.165) is 5.57 Å². The fourth-order valence-corrected chi connectivity index (χ4v) is 0.444. The fraction of sp³-hybridized carbons (Fsp3) is 0.571. The molecule has 0 aromatic carbocycles. The van der Waals surface area contributed by atoms with E-state index >= 15 is 0 Å². The number of hydrogen-bond donors (Lipinski definition) is 0. The molecular formula is C7H11O2. The van der Waals surface area contributed by atoms with Gasteiger partial charge in [-0.2, -0.15) is 0 Å². The van der Waals surface area contributed by atoms with Gasteiger partial charge in [0.1, 0.15) is 0 Å². The molecule has 0 unspecified atom stereocenters. The smallest absolute Gasteiger partial charge is 0.247 e. The van der Waals surface area contributed by atoms with E-state index in [1.165, 1.54) is 0 Å². The standard InChI is InChI=1S/C7H11O2/c1-3-6(2)4-5-7(8)9/h3H,4-5H2,1-2H3. The van der Waals surface area contributed by atoms with Crippen molar-refractivity contribution in [3.8, 4) is 0 Å². The molecule has 0 amide bonds. The van der Waals surface area contributed by atoms with Gasteiger partial charge in [0.15, 0.2) is 0 Å². The van der Waals surface area contributed by atoms with E-state index in [1.54, 1.807) is 0 Å². The minimum absolute atomic E-state index is 0.135. The Kier molecular flexibility index (Phi) is 3.76. The molecule has 0 saturated carbocycles. The van der Waals surface area contributed by atoms with E-state index < -0.39 is 5.97 Å². The van der Waals surface area contributed by atoms with Crippen LogP contribution in [-0.2, 0) is 9.90 Å². The number of allylic oxidation sites excluding steroid dienone is 2. The zero-order chi connectivity index (χ0) is 7.28. The third-order valence-electron chi connectivity index (χ3n) is 1.22. The van der Waals surface area contributed by atoms with E-state index in [0.29, 0.717) is 6.42 Å². The molecule has 0 rings (SSSR count). The van der Waals surface area contributed by atoms with Gasteiger partial charge < -0.3 is 0 Å². The molecule has 0 aliphatic heterocycles. The molecule has 9 heavy (non-hydrogen) atoms. The average molecular weight is 127 g/mol. The molecule has 0 saturated heterocycles. The van der Waals surface area contributed by atoms with Crippen molar-refractivity contribution in [1.82, 2.24) is 0 Å². The lowest BCUT2D eigenvalue weighted by Crippen LogP contribution is -1.91. The first kappa shape index (κ1) is 8.21. The van der Waals surface area contributed by atoms with Crippen molar-refractivity contribution >= 4 is 5.97 Å². The van der Waals surface area contributed by atoms with Gasteiger partial charge in [-0.1, -0.05) is 11.6 Å². The number of hydrogen-bond acceptors (Lipinski definition) is 1. The average Bonchev–Trinajstić information content (AvgIpc) is 1.83. The Morgan fingerprint density at radius 1 is 1.44 bits per heavy atom. The van der Waals surface area contributed by atoms with Crippen LogP contribution in [0.25, 0.3) is 0 Å². The van der Waals surface area contributed by atoms with Crippen LogP contribution in [0.2, 0.25) is 0 Å². The van der Waals surface area contributed by atoms with Crippen LogP contribution in [0.15, 0.2) is 11.6 Å². The van der Waals surface area contributed by atoms with Crippen LogP contribution in [0, 0.1) is 0 Å². The lowest BCUT2D eigenvalue weighted by atomic mass is 10.1. The van der Waals surface area contributed by atoms with Crippen molar-refractivity contribution in [3.05, 3.63) is 11.6 Å². The molecule has 0 aromatic rings. The molecular weight excluding hydrogens is 116 g/mol. The lowest BCUT2D eigenvalue weighted by molar-refractivity contribution is -0.143. The monoisotopic (exact) mass is 127 g/mol. The van der Waals surface area contributed by atoms with Gasteiger partial charge in [0.25, 0.3) is 0 Å². The Labute approximate surface area is 55.2 Å². The van der Waals surface area contributed by atoms with E-state index in [1.807, 2.05) is 19.9 Å². The second kappa shape index (κ2) is 4.13. The molecule has 2 heteroatoms. The highest BCUT2D eigenvalue weighted by atomic mass is 16.4. The lowest BCUT2D eigenvalue weighted by Gasteiger charge is -1.92. The zero-order valence-electron chi connectivity index (χ0n) is 5.81. The summed E-state index contributed by atoms with van der Waals surface area (Å²) in [6.07, 6.45) is 2.65. The molecule has 0 heterocycles. The molecule has 2 nitrogen and oxygen atoms in total. The van der Waals surface area contributed by atoms with Crippen molar-refractivity contribution in [1.29, 1.82) is 0 Å². The van der Waals surface area contributed by atoms with Crippen molar-refractivity contribution in [2.45, 2.75) is 26.7 Å². The third-order valence-corrected chi connectivity index (χ3v) is 1.22. The van der Waals surface area contributed by atoms with E-state index in [2.05, 4.69) is 0 Å². The van der Waals surface area contributed by atoms with Crippen LogP contribution < -0.4 is 0 Å². The van der Waals surface area contributed by atoms with Crippen LogP contribution in [0.3, 0.4) is 0 Å². The van der Waals surface area contributed by atoms with Crippen LogP contribution in [0.4, 0.5) is 0 Å². The van der Waals surface area contributed by atoms with Gasteiger partial charge in [-0.3, -0.25) is 0 Å². The Morgan fingerprint density at radius 3 is 2.33 bits per heavy atom. The number of carbonyl (C=O) groups excluding carboxylic acids is 1. The molecule has 1 radical (unpaired) electrons. The van der Waals surface area contributed by atoms with Crippen LogP contribution >= 0.6 is 0 Å². The third kappa shape index (κ3) is 5.07. The minimum atomic E-state index is -0.976. The Hall–Kier alpha value is -0.790. The van der Waals surface area contributed by atoms with Gasteiger partial charge in [0, 0.05) is 0 Å². The summed E-state index contributed by atoms with van der Waals surface area (Å²) in [4.78, 5) is 9.88. The van der Waals surface area contributed by atoms with Crippen molar-refractivity contribution in [2.24, 2.45) is 0 Å². The van der Waals surface area contributed by atoms with Gasteiger partial charge >= 0.3 is 5.97 Å². The predicted octanol–water partition coefficient (Wildman–Crippen LogP) is 1.69. The Morgan fingerprint density at radius 2 is 2.00 bits per heavy atom. The maximum Gasteiger partial charge on any atom is 0.355 e. The highest BCUT2D eigenvalue weighted by Crippen LogP contribution is 2.02. The molecule has 0 N–H and O–H groups in total. The molecule has 0 fully saturated rings. The number of carbonyl (C=O) groups is 1. The molecule has 0 aliphatic rings. The quantitative estimate of drug-likeness (QED) is 0.531. The Bertz CT molecular complexity index is 125. The largest absolute Gasteiger partial charge is 0.355 e. The first-order valence-electron chi connectivity index (χ1n) is 2.98. The highest BCUT2D eigenvalue weighted by Gasteiger charge is 1.97. The highest BCUT2D eigenvalue weighted by molar-refractivity contribution is 5.66. The normalized spacial score (nSPS) is 11.6. The van der Waals surface area contributed by atoms with Gasteiger partial charge in [0.2, 0.25) is 0 Å². The van der Waals surface area contributed by atoms with Crippen molar-refractivity contribution in [2.75, 3.05) is 0 Å². The Balaban J connectivity index is 3.39. The fourth-order valence-electron chi connectivity index (χ4n) is 0.444. The molecule has 0 aromatic heterocycles. The summed E-state index contributed by atoms with van der Waals surface area (Å²) in [6, 6.07) is 0. The molecule has 51 valence electrons. The van der Waals surface area contributed by atoms with Crippen LogP contribution in [0.1, 0.15) is 26.7 Å². The summed E-state index contributed by atoms with van der Waals surface area (Å²) in [5.41, 5.74) is 1.10. The van der Waals surface area contributed by atoms with Gasteiger partial charge in [-0.05, 0) is 20.3 Å². The molecule has 0 atom stereocenters. The van der Waals surface area contributed by atoms with E-state index in [9.17, 15) is 9.90 Å². The van der Waals surface area contributed by atoms with Gasteiger partial charge in [-0.15, -0.1) is 0 Å². The summed E-state index contributed by atoms with van der Waals surface area (Å²) >= 11 is 0. The molecule has 0 bridgehead atoms.